The average Bonchev–Trinajstić information content (AvgIpc) is 2.58. The van der Waals surface area contributed by atoms with Gasteiger partial charge in [-0.25, -0.2) is 9.97 Å². The van der Waals surface area contributed by atoms with Crippen LogP contribution in [0.5, 0.6) is 0 Å². The molecule has 2 aromatic heterocycles. The molecular formula is C17H17Cl4N3O2. The summed E-state index contributed by atoms with van der Waals surface area (Å²) in [7, 11) is 0. The summed E-state index contributed by atoms with van der Waals surface area (Å²) in [6.07, 6.45) is 0.663. The molecule has 0 spiro atoms. The van der Waals surface area contributed by atoms with E-state index in [4.69, 9.17) is 51.6 Å². The smallest absolute Gasteiger partial charge is 0.153 e. The molecule has 1 N–H and O–H groups in total. The van der Waals surface area contributed by atoms with Crippen molar-refractivity contribution in [3.8, 4) is 0 Å². The number of carbonyl (C=O) groups is 1. The van der Waals surface area contributed by atoms with E-state index in [1.54, 1.807) is 27.7 Å². The van der Waals surface area contributed by atoms with Crippen LogP contribution in [0.15, 0.2) is 5.16 Å². The van der Waals surface area contributed by atoms with E-state index >= 15 is 0 Å². The first-order valence-electron chi connectivity index (χ1n) is 7.35. The zero-order chi connectivity index (χ0) is 20.2. The summed E-state index contributed by atoms with van der Waals surface area (Å²) in [6, 6.07) is 0. The average molecular weight is 437 g/mol. The van der Waals surface area contributed by atoms with Gasteiger partial charge in [0, 0.05) is 5.56 Å². The van der Waals surface area contributed by atoms with Crippen LogP contribution >= 0.6 is 46.4 Å². The summed E-state index contributed by atoms with van der Waals surface area (Å²) in [5, 5.41) is 13.3. The Balaban J connectivity index is 0.000000263. The van der Waals surface area contributed by atoms with E-state index in [0.29, 0.717) is 55.3 Å². The number of pyridine rings is 2. The Morgan fingerprint density at radius 2 is 1.38 bits per heavy atom. The molecule has 0 aromatic carbocycles. The van der Waals surface area contributed by atoms with E-state index in [0.717, 1.165) is 5.56 Å². The molecule has 0 aliphatic rings. The number of aromatic nitrogens is 2. The number of aldehydes is 1. The van der Waals surface area contributed by atoms with E-state index in [9.17, 15) is 4.79 Å². The van der Waals surface area contributed by atoms with Gasteiger partial charge in [0.15, 0.2) is 6.29 Å². The predicted molar refractivity (Wildman–Crippen MR) is 107 cm³/mol. The van der Waals surface area contributed by atoms with Crippen LogP contribution in [0.2, 0.25) is 20.4 Å². The molecule has 140 valence electrons. The summed E-state index contributed by atoms with van der Waals surface area (Å²) in [5.41, 5.74) is 4.14. The topological polar surface area (TPSA) is 75.4 Å². The van der Waals surface area contributed by atoms with Crippen LogP contribution in [0.3, 0.4) is 0 Å². The summed E-state index contributed by atoms with van der Waals surface area (Å²) < 4.78 is 0. The number of hydrogen-bond acceptors (Lipinski definition) is 5. The molecule has 9 heteroatoms. The molecule has 0 fully saturated rings. The molecule has 0 aliphatic carbocycles. The fourth-order valence-corrected chi connectivity index (χ4v) is 3.20. The van der Waals surface area contributed by atoms with Gasteiger partial charge in [-0.2, -0.15) is 0 Å². The number of oxime groups is 1. The molecule has 0 aliphatic heterocycles. The lowest BCUT2D eigenvalue weighted by Crippen LogP contribution is -2.03. The third-order valence-electron chi connectivity index (χ3n) is 3.66. The molecule has 26 heavy (non-hydrogen) atoms. The molecular weight excluding hydrogens is 420 g/mol. The van der Waals surface area contributed by atoms with Crippen molar-refractivity contribution in [3.05, 3.63) is 54.0 Å². The van der Waals surface area contributed by atoms with Crippen molar-refractivity contribution < 1.29 is 10.0 Å². The third kappa shape index (κ3) is 4.86. The lowest BCUT2D eigenvalue weighted by Gasteiger charge is -2.09. The van der Waals surface area contributed by atoms with Crippen LogP contribution in [-0.2, 0) is 0 Å². The Hall–Kier alpha value is -1.40. The highest BCUT2D eigenvalue weighted by Crippen LogP contribution is 2.27. The lowest BCUT2D eigenvalue weighted by atomic mass is 10.1. The maximum atomic E-state index is 10.5. The summed E-state index contributed by atoms with van der Waals surface area (Å²) >= 11 is 23.5. The SMILES string of the molecule is C/C(=N/O)c1c(Cl)nc(C)c(Cl)c1C.Cc1nc(Cl)c(C=O)c(C)c1Cl. The van der Waals surface area contributed by atoms with Gasteiger partial charge in [0.05, 0.1) is 32.7 Å². The number of hydrogen-bond donors (Lipinski definition) is 1. The fourth-order valence-electron chi connectivity index (χ4n) is 2.20. The van der Waals surface area contributed by atoms with Crippen LogP contribution in [0.1, 0.15) is 45.4 Å². The first kappa shape index (κ1) is 22.6. The van der Waals surface area contributed by atoms with Crippen LogP contribution in [0, 0.1) is 27.7 Å². The molecule has 5 nitrogen and oxygen atoms in total. The first-order valence-corrected chi connectivity index (χ1v) is 8.86. The number of carbonyl (C=O) groups excluding carboxylic acids is 1. The summed E-state index contributed by atoms with van der Waals surface area (Å²) in [4.78, 5) is 18.5. The largest absolute Gasteiger partial charge is 0.411 e. The molecule has 0 radical (unpaired) electrons. The maximum Gasteiger partial charge on any atom is 0.153 e. The van der Waals surface area contributed by atoms with Gasteiger partial charge in [-0.05, 0) is 45.7 Å². The molecule has 2 rings (SSSR count). The van der Waals surface area contributed by atoms with E-state index in [1.165, 1.54) is 0 Å². The Kier molecular flexibility index (Phi) is 8.28. The predicted octanol–water partition coefficient (Wildman–Crippen LogP) is 6.02. The van der Waals surface area contributed by atoms with E-state index in [1.807, 2.05) is 6.92 Å². The zero-order valence-electron chi connectivity index (χ0n) is 14.8. The summed E-state index contributed by atoms with van der Waals surface area (Å²) in [5.74, 6) is 0. The first-order chi connectivity index (χ1) is 12.1. The molecule has 0 saturated carbocycles. The standard InChI is InChI=1S/C9H10Cl2N2O.C8H7Cl2NO/c1-4-7(5(2)13-14)9(11)12-6(3)8(4)10;1-4-6(3-12)8(10)11-5(2)7(4)9/h14H,1-3H3;3H,1-2H3/b13-5-;. The van der Waals surface area contributed by atoms with Crippen molar-refractivity contribution >= 4 is 58.4 Å². The Morgan fingerprint density at radius 1 is 0.923 bits per heavy atom. The highest BCUT2D eigenvalue weighted by molar-refractivity contribution is 6.36. The molecule has 0 amide bonds. The van der Waals surface area contributed by atoms with Crippen molar-refractivity contribution in [1.29, 1.82) is 0 Å². The van der Waals surface area contributed by atoms with Gasteiger partial charge in [0.1, 0.15) is 10.3 Å². The van der Waals surface area contributed by atoms with Crippen molar-refractivity contribution in [2.24, 2.45) is 5.16 Å². The van der Waals surface area contributed by atoms with Crippen molar-refractivity contribution in [1.82, 2.24) is 9.97 Å². The molecule has 2 heterocycles. The second kappa shape index (κ2) is 9.51. The number of aryl methyl sites for hydroxylation is 2. The third-order valence-corrected chi connectivity index (χ3v) is 5.34. The van der Waals surface area contributed by atoms with Gasteiger partial charge in [-0.15, -0.1) is 0 Å². The number of halogens is 4. The van der Waals surface area contributed by atoms with Gasteiger partial charge in [-0.3, -0.25) is 4.79 Å². The van der Waals surface area contributed by atoms with Crippen LogP contribution < -0.4 is 0 Å². The normalized spacial score (nSPS) is 11.0. The van der Waals surface area contributed by atoms with Crippen LogP contribution in [0.25, 0.3) is 0 Å². The Bertz CT molecular complexity index is 883. The van der Waals surface area contributed by atoms with E-state index in [-0.39, 0.29) is 5.15 Å². The molecule has 0 saturated heterocycles. The fraction of sp³-hybridized carbons (Fsp3) is 0.294. The van der Waals surface area contributed by atoms with Crippen LogP contribution in [-0.4, -0.2) is 27.2 Å². The van der Waals surface area contributed by atoms with Gasteiger partial charge in [-0.1, -0.05) is 51.6 Å². The van der Waals surface area contributed by atoms with Gasteiger partial charge in [0.25, 0.3) is 0 Å². The van der Waals surface area contributed by atoms with Crippen molar-refractivity contribution in [2.75, 3.05) is 0 Å². The van der Waals surface area contributed by atoms with Gasteiger partial charge < -0.3 is 5.21 Å². The molecule has 2 aromatic rings. The quantitative estimate of drug-likeness (QED) is 0.205. The van der Waals surface area contributed by atoms with Gasteiger partial charge >= 0.3 is 0 Å². The molecule has 0 bridgehead atoms. The van der Waals surface area contributed by atoms with Gasteiger partial charge in [0.2, 0.25) is 0 Å². The Morgan fingerprint density at radius 3 is 1.85 bits per heavy atom. The van der Waals surface area contributed by atoms with Crippen molar-refractivity contribution in [2.45, 2.75) is 34.6 Å². The van der Waals surface area contributed by atoms with Crippen LogP contribution in [0.4, 0.5) is 0 Å². The minimum atomic E-state index is 0.212. The molecule has 0 unspecified atom stereocenters. The van der Waals surface area contributed by atoms with Crippen molar-refractivity contribution in [3.63, 3.8) is 0 Å². The second-order valence-electron chi connectivity index (χ2n) is 5.45. The second-order valence-corrected chi connectivity index (χ2v) is 6.92. The van der Waals surface area contributed by atoms with E-state index < -0.39 is 0 Å². The number of nitrogens with zero attached hydrogens (tertiary/aromatic N) is 3. The maximum absolute atomic E-state index is 10.5. The Labute approximate surface area is 172 Å². The minimum absolute atomic E-state index is 0.212. The lowest BCUT2D eigenvalue weighted by molar-refractivity contribution is 0.112. The molecule has 0 atom stereocenters. The zero-order valence-corrected chi connectivity index (χ0v) is 17.8. The van der Waals surface area contributed by atoms with E-state index in [2.05, 4.69) is 15.1 Å². The highest BCUT2D eigenvalue weighted by atomic mass is 35.5. The number of rotatable bonds is 2. The minimum Gasteiger partial charge on any atom is -0.411 e. The monoisotopic (exact) mass is 435 g/mol. The highest BCUT2D eigenvalue weighted by Gasteiger charge is 2.14. The summed E-state index contributed by atoms with van der Waals surface area (Å²) in [6.45, 7) is 8.72.